The van der Waals surface area contributed by atoms with E-state index in [4.69, 9.17) is 4.84 Å². The zero-order valence-corrected chi connectivity index (χ0v) is 11.4. The molecule has 0 bridgehead atoms. The maximum atomic E-state index is 12.1. The van der Waals surface area contributed by atoms with Crippen LogP contribution in [0.2, 0.25) is 0 Å². The molecule has 4 nitrogen and oxygen atoms in total. The monoisotopic (exact) mass is 251 g/mol. The van der Waals surface area contributed by atoms with E-state index >= 15 is 0 Å². The highest BCUT2D eigenvalue weighted by atomic mass is 16.6. The summed E-state index contributed by atoms with van der Waals surface area (Å²) in [6.07, 6.45) is 2.96. The van der Waals surface area contributed by atoms with Crippen molar-refractivity contribution in [3.8, 4) is 0 Å². The van der Waals surface area contributed by atoms with Crippen LogP contribution in [0.1, 0.15) is 40.0 Å². The van der Waals surface area contributed by atoms with Crippen molar-refractivity contribution in [2.24, 2.45) is 16.5 Å². The fraction of sp³-hybridized carbons (Fsp3) is 0.643. The summed E-state index contributed by atoms with van der Waals surface area (Å²) in [5.74, 6) is -0.786. The largest absolute Gasteiger partial charge is 0.392 e. The number of oxime groups is 1. The molecule has 1 aliphatic rings. The zero-order valence-electron chi connectivity index (χ0n) is 11.4. The van der Waals surface area contributed by atoms with Crippen molar-refractivity contribution in [1.82, 2.24) is 0 Å². The van der Waals surface area contributed by atoms with Crippen molar-refractivity contribution >= 4 is 17.3 Å². The molecule has 0 amide bonds. The summed E-state index contributed by atoms with van der Waals surface area (Å²) in [6.45, 7) is 9.55. The Morgan fingerprint density at radius 2 is 2.00 bits per heavy atom. The van der Waals surface area contributed by atoms with E-state index in [2.05, 4.69) is 11.7 Å². The number of nitrogens with zero attached hydrogens (tertiary/aromatic N) is 1. The normalized spacial score (nSPS) is 20.9. The molecule has 0 N–H and O–H groups in total. The number of hydrogen-bond acceptors (Lipinski definition) is 4. The topological polar surface area (TPSA) is 55.7 Å². The van der Waals surface area contributed by atoms with Crippen molar-refractivity contribution in [2.45, 2.75) is 40.0 Å². The lowest BCUT2D eigenvalue weighted by molar-refractivity contribution is -0.136. The minimum atomic E-state index is -0.701. The van der Waals surface area contributed by atoms with Crippen molar-refractivity contribution in [2.75, 3.05) is 6.61 Å². The van der Waals surface area contributed by atoms with Gasteiger partial charge in [-0.2, -0.15) is 0 Å². The van der Waals surface area contributed by atoms with E-state index in [0.29, 0.717) is 25.0 Å². The third kappa shape index (κ3) is 3.52. The van der Waals surface area contributed by atoms with Gasteiger partial charge in [0.2, 0.25) is 0 Å². The van der Waals surface area contributed by atoms with E-state index in [1.165, 1.54) is 0 Å². The van der Waals surface area contributed by atoms with Crippen LogP contribution in [-0.2, 0) is 14.4 Å². The maximum absolute atomic E-state index is 12.1. The standard InChI is InChI=1S/C14H21NO3/c1-5-7-18-15-10(6-2)13-11(16)8-14(3,4)9-12(13)17/h5,13H,1,6-9H2,2-4H3. The molecule has 0 aliphatic heterocycles. The number of rotatable bonds is 5. The van der Waals surface area contributed by atoms with Crippen LogP contribution < -0.4 is 0 Å². The van der Waals surface area contributed by atoms with Gasteiger partial charge in [0.25, 0.3) is 0 Å². The molecule has 100 valence electrons. The van der Waals surface area contributed by atoms with Gasteiger partial charge in [-0.25, -0.2) is 0 Å². The predicted octanol–water partition coefficient (Wildman–Crippen LogP) is 2.53. The van der Waals surface area contributed by atoms with Gasteiger partial charge in [0.1, 0.15) is 24.1 Å². The molecule has 1 saturated carbocycles. The van der Waals surface area contributed by atoms with Crippen LogP contribution in [0.15, 0.2) is 17.8 Å². The Labute approximate surface area is 108 Å². The quantitative estimate of drug-likeness (QED) is 0.248. The van der Waals surface area contributed by atoms with E-state index in [0.717, 1.165) is 0 Å². The molecule has 1 rings (SSSR count). The van der Waals surface area contributed by atoms with Gasteiger partial charge >= 0.3 is 0 Å². The summed E-state index contributed by atoms with van der Waals surface area (Å²) in [4.78, 5) is 29.2. The molecule has 0 radical (unpaired) electrons. The molecular weight excluding hydrogens is 230 g/mol. The summed E-state index contributed by atoms with van der Waals surface area (Å²) < 4.78 is 0. The van der Waals surface area contributed by atoms with Crippen LogP contribution >= 0.6 is 0 Å². The first-order chi connectivity index (χ1) is 8.41. The Kier molecular flexibility index (Phi) is 4.82. The van der Waals surface area contributed by atoms with E-state index in [1.807, 2.05) is 20.8 Å². The first-order valence-corrected chi connectivity index (χ1v) is 6.26. The Morgan fingerprint density at radius 3 is 2.44 bits per heavy atom. The molecule has 4 heteroatoms. The molecule has 0 saturated heterocycles. The lowest BCUT2D eigenvalue weighted by Gasteiger charge is -2.32. The van der Waals surface area contributed by atoms with Gasteiger partial charge in [0.15, 0.2) is 0 Å². The van der Waals surface area contributed by atoms with Crippen LogP contribution in [0.25, 0.3) is 0 Å². The molecule has 1 aliphatic carbocycles. The highest BCUT2D eigenvalue weighted by molar-refractivity contribution is 6.22. The fourth-order valence-corrected chi connectivity index (χ4v) is 2.26. The van der Waals surface area contributed by atoms with Crippen LogP contribution in [0, 0.1) is 11.3 Å². The Morgan fingerprint density at radius 1 is 1.44 bits per heavy atom. The second kappa shape index (κ2) is 5.94. The molecule has 1 fully saturated rings. The van der Waals surface area contributed by atoms with Crippen LogP contribution in [0.5, 0.6) is 0 Å². The Hall–Kier alpha value is -1.45. The molecule has 0 aromatic heterocycles. The number of carbonyl (C=O) groups excluding carboxylic acids is 2. The van der Waals surface area contributed by atoms with Crippen molar-refractivity contribution in [3.63, 3.8) is 0 Å². The van der Waals surface area contributed by atoms with Crippen molar-refractivity contribution in [3.05, 3.63) is 12.7 Å². The average molecular weight is 251 g/mol. The Bertz CT molecular complexity index is 363. The van der Waals surface area contributed by atoms with Gasteiger partial charge in [-0.1, -0.05) is 38.6 Å². The summed E-state index contributed by atoms with van der Waals surface area (Å²) in [6, 6.07) is 0. The first kappa shape index (κ1) is 14.6. The molecule has 18 heavy (non-hydrogen) atoms. The highest BCUT2D eigenvalue weighted by Crippen LogP contribution is 2.34. The molecule has 0 aromatic carbocycles. The van der Waals surface area contributed by atoms with Gasteiger partial charge in [0, 0.05) is 12.8 Å². The molecule has 0 aromatic rings. The second-order valence-electron chi connectivity index (χ2n) is 5.40. The third-order valence-electron chi connectivity index (χ3n) is 3.02. The van der Waals surface area contributed by atoms with Crippen molar-refractivity contribution in [1.29, 1.82) is 0 Å². The summed E-state index contributed by atoms with van der Waals surface area (Å²) >= 11 is 0. The summed E-state index contributed by atoms with van der Waals surface area (Å²) in [5, 5.41) is 3.91. The molecular formula is C14H21NO3. The lowest BCUT2D eigenvalue weighted by atomic mass is 9.70. The van der Waals surface area contributed by atoms with Gasteiger partial charge in [-0.05, 0) is 11.8 Å². The first-order valence-electron chi connectivity index (χ1n) is 6.26. The predicted molar refractivity (Wildman–Crippen MR) is 70.4 cm³/mol. The van der Waals surface area contributed by atoms with E-state index < -0.39 is 5.92 Å². The van der Waals surface area contributed by atoms with Crippen LogP contribution in [0.4, 0.5) is 0 Å². The molecule has 0 atom stereocenters. The van der Waals surface area contributed by atoms with Crippen molar-refractivity contribution < 1.29 is 14.4 Å². The number of ketones is 2. The van der Waals surface area contributed by atoms with Crippen LogP contribution in [-0.4, -0.2) is 23.9 Å². The van der Waals surface area contributed by atoms with E-state index in [9.17, 15) is 9.59 Å². The van der Waals surface area contributed by atoms with Crippen LogP contribution in [0.3, 0.4) is 0 Å². The molecule has 0 spiro atoms. The Balaban J connectivity index is 2.86. The van der Waals surface area contributed by atoms with Gasteiger partial charge < -0.3 is 4.84 Å². The van der Waals surface area contributed by atoms with Gasteiger partial charge in [-0.15, -0.1) is 0 Å². The van der Waals surface area contributed by atoms with E-state index in [-0.39, 0.29) is 23.6 Å². The molecule has 0 unspecified atom stereocenters. The number of hydrogen-bond donors (Lipinski definition) is 0. The maximum Gasteiger partial charge on any atom is 0.149 e. The summed E-state index contributed by atoms with van der Waals surface area (Å²) in [5.41, 5.74) is 0.299. The number of carbonyl (C=O) groups is 2. The highest BCUT2D eigenvalue weighted by Gasteiger charge is 2.41. The fourth-order valence-electron chi connectivity index (χ4n) is 2.26. The number of Topliss-reactive ketones (excluding diaryl/α,β-unsaturated/α-hetero) is 2. The minimum absolute atomic E-state index is 0.0425. The second-order valence-corrected chi connectivity index (χ2v) is 5.40. The minimum Gasteiger partial charge on any atom is -0.392 e. The van der Waals surface area contributed by atoms with E-state index in [1.54, 1.807) is 6.08 Å². The SMILES string of the molecule is C=CCON=C(CC)C1C(=O)CC(C)(C)CC1=O. The van der Waals surface area contributed by atoms with Gasteiger partial charge in [-0.3, -0.25) is 9.59 Å². The van der Waals surface area contributed by atoms with Gasteiger partial charge in [0.05, 0.1) is 5.71 Å². The molecule has 0 heterocycles. The smallest absolute Gasteiger partial charge is 0.149 e. The zero-order chi connectivity index (χ0) is 13.8. The lowest BCUT2D eigenvalue weighted by Crippen LogP contribution is -2.41. The average Bonchev–Trinajstić information content (AvgIpc) is 2.24. The third-order valence-corrected chi connectivity index (χ3v) is 3.02. The summed E-state index contributed by atoms with van der Waals surface area (Å²) in [7, 11) is 0.